The Morgan fingerprint density at radius 1 is 1.26 bits per heavy atom. The van der Waals surface area contributed by atoms with Crippen LogP contribution >= 0.6 is 0 Å². The zero-order valence-electron chi connectivity index (χ0n) is 15.6. The third-order valence-corrected chi connectivity index (χ3v) is 4.61. The molecule has 1 aromatic heterocycles. The van der Waals surface area contributed by atoms with Gasteiger partial charge in [0.2, 0.25) is 5.91 Å². The molecule has 0 bridgehead atoms. The fourth-order valence-corrected chi connectivity index (χ4v) is 3.04. The van der Waals surface area contributed by atoms with Crippen LogP contribution in [0.3, 0.4) is 0 Å². The molecule has 3 amide bonds. The molecule has 3 rings (SSSR count). The molecule has 0 saturated carbocycles. The number of carbonyl (C=O) groups excluding carboxylic acids is 2. The molecule has 2 aromatic rings. The number of aromatic nitrogens is 2. The van der Waals surface area contributed by atoms with Crippen LogP contribution in [0.15, 0.2) is 37.1 Å². The van der Waals surface area contributed by atoms with Gasteiger partial charge in [-0.1, -0.05) is 24.5 Å². The van der Waals surface area contributed by atoms with Crippen molar-refractivity contribution in [3.63, 3.8) is 0 Å². The van der Waals surface area contributed by atoms with E-state index < -0.39 is 0 Å². The number of benzene rings is 1. The summed E-state index contributed by atoms with van der Waals surface area (Å²) < 4.78 is 1.81. The molecule has 1 unspecified atom stereocenters. The van der Waals surface area contributed by atoms with Gasteiger partial charge in [0.15, 0.2) is 0 Å². The topological polar surface area (TPSA) is 70.5 Å². The summed E-state index contributed by atoms with van der Waals surface area (Å²) in [5.41, 5.74) is 1.91. The number of hydrogen-bond acceptors (Lipinski definition) is 3. The van der Waals surface area contributed by atoms with Gasteiger partial charge in [0, 0.05) is 44.2 Å². The van der Waals surface area contributed by atoms with Crippen molar-refractivity contribution < 1.29 is 9.59 Å². The Morgan fingerprint density at radius 3 is 2.67 bits per heavy atom. The average molecular weight is 365 g/mol. The van der Waals surface area contributed by atoms with Crippen molar-refractivity contribution in [1.29, 1.82) is 0 Å². The molecular weight excluding hydrogens is 342 g/mol. The van der Waals surface area contributed by atoms with Crippen molar-refractivity contribution >= 4 is 22.8 Å². The maximum absolute atomic E-state index is 12.4. The molecule has 1 N–H and O–H groups in total. The molecule has 140 valence electrons. The van der Waals surface area contributed by atoms with E-state index in [-0.39, 0.29) is 18.0 Å². The van der Waals surface area contributed by atoms with E-state index in [4.69, 9.17) is 0 Å². The lowest BCUT2D eigenvalue weighted by atomic mass is 10.1. The maximum atomic E-state index is 12.4. The summed E-state index contributed by atoms with van der Waals surface area (Å²) in [6.07, 6.45) is 3.10. The smallest absolute Gasteiger partial charge is 0.318 e. The number of nitrogens with one attached hydrogen (secondary N) is 1. The van der Waals surface area contributed by atoms with E-state index in [0.717, 1.165) is 16.5 Å². The average Bonchev–Trinajstić information content (AvgIpc) is 3.07. The summed E-state index contributed by atoms with van der Waals surface area (Å²) in [5.74, 6) is 6.12. The normalized spacial score (nSPS) is 15.0. The van der Waals surface area contributed by atoms with Crippen LogP contribution in [-0.2, 0) is 11.8 Å². The van der Waals surface area contributed by atoms with E-state index in [0.29, 0.717) is 26.2 Å². The summed E-state index contributed by atoms with van der Waals surface area (Å²) in [5, 5.41) is 8.15. The first-order valence-electron chi connectivity index (χ1n) is 8.88. The molecule has 0 spiro atoms. The Morgan fingerprint density at radius 2 is 1.96 bits per heavy atom. The number of urea groups is 1. The van der Waals surface area contributed by atoms with Gasteiger partial charge < -0.3 is 15.1 Å². The molecule has 1 atom stereocenters. The lowest BCUT2D eigenvalue weighted by Gasteiger charge is -2.34. The maximum Gasteiger partial charge on any atom is 0.318 e. The van der Waals surface area contributed by atoms with Gasteiger partial charge in [0.1, 0.15) is 0 Å². The molecule has 2 heterocycles. The van der Waals surface area contributed by atoms with Gasteiger partial charge in [0.05, 0.1) is 17.8 Å². The number of carbonyl (C=O) groups is 2. The highest BCUT2D eigenvalue weighted by Gasteiger charge is 2.23. The molecule has 1 aliphatic heterocycles. The Hall–Kier alpha value is -3.27. The van der Waals surface area contributed by atoms with Gasteiger partial charge in [-0.15, -0.1) is 0 Å². The first-order valence-corrected chi connectivity index (χ1v) is 8.88. The summed E-state index contributed by atoms with van der Waals surface area (Å²) in [6, 6.07) is 5.43. The van der Waals surface area contributed by atoms with Crippen LogP contribution in [0.1, 0.15) is 12.5 Å². The zero-order valence-corrected chi connectivity index (χ0v) is 15.6. The van der Waals surface area contributed by atoms with Gasteiger partial charge >= 0.3 is 6.03 Å². The van der Waals surface area contributed by atoms with Crippen LogP contribution in [0, 0.1) is 11.8 Å². The molecule has 1 aromatic carbocycles. The van der Waals surface area contributed by atoms with Crippen LogP contribution < -0.4 is 5.32 Å². The van der Waals surface area contributed by atoms with Crippen LogP contribution in [0.4, 0.5) is 4.79 Å². The van der Waals surface area contributed by atoms with E-state index in [9.17, 15) is 9.59 Å². The monoisotopic (exact) mass is 365 g/mol. The van der Waals surface area contributed by atoms with Crippen LogP contribution in [0.2, 0.25) is 0 Å². The minimum absolute atomic E-state index is 0.0983. The summed E-state index contributed by atoms with van der Waals surface area (Å²) in [6.45, 7) is 7.37. The Bertz CT molecular complexity index is 929. The van der Waals surface area contributed by atoms with Gasteiger partial charge in [-0.05, 0) is 25.1 Å². The molecule has 0 radical (unpaired) electrons. The first-order chi connectivity index (χ1) is 13.0. The van der Waals surface area contributed by atoms with Crippen molar-refractivity contribution in [2.45, 2.75) is 13.0 Å². The van der Waals surface area contributed by atoms with E-state index >= 15 is 0 Å². The second kappa shape index (κ2) is 7.96. The van der Waals surface area contributed by atoms with Crippen LogP contribution in [0.5, 0.6) is 0 Å². The molecule has 1 fully saturated rings. The first kappa shape index (κ1) is 18.5. The third kappa shape index (κ3) is 4.11. The van der Waals surface area contributed by atoms with E-state index in [1.54, 1.807) is 16.0 Å². The van der Waals surface area contributed by atoms with Crippen molar-refractivity contribution in [2.24, 2.45) is 7.05 Å². The lowest BCUT2D eigenvalue weighted by Crippen LogP contribution is -2.53. The van der Waals surface area contributed by atoms with Gasteiger partial charge in [-0.3, -0.25) is 9.48 Å². The molecule has 7 nitrogen and oxygen atoms in total. The minimum atomic E-state index is -0.294. The molecule has 1 saturated heterocycles. The highest BCUT2D eigenvalue weighted by molar-refractivity contribution is 5.87. The molecule has 1 aliphatic rings. The summed E-state index contributed by atoms with van der Waals surface area (Å²) >= 11 is 0. The second-order valence-corrected chi connectivity index (χ2v) is 6.46. The van der Waals surface area contributed by atoms with Gasteiger partial charge in [0.25, 0.3) is 0 Å². The third-order valence-electron chi connectivity index (χ3n) is 4.61. The summed E-state index contributed by atoms with van der Waals surface area (Å²) in [4.78, 5) is 27.4. The Kier molecular flexibility index (Phi) is 5.46. The van der Waals surface area contributed by atoms with E-state index in [1.807, 2.05) is 36.9 Å². The largest absolute Gasteiger partial charge is 0.336 e. The van der Waals surface area contributed by atoms with Crippen molar-refractivity contribution in [3.05, 3.63) is 42.6 Å². The Balaban J connectivity index is 1.59. The number of fused-ring (bicyclic) bond motifs is 1. The second-order valence-electron chi connectivity index (χ2n) is 6.46. The van der Waals surface area contributed by atoms with Crippen molar-refractivity contribution in [3.8, 4) is 11.8 Å². The Labute approximate surface area is 158 Å². The molecule has 0 aliphatic carbocycles. The zero-order chi connectivity index (χ0) is 19.4. The number of amides is 3. The lowest BCUT2D eigenvalue weighted by molar-refractivity contribution is -0.127. The van der Waals surface area contributed by atoms with Gasteiger partial charge in [-0.25, -0.2) is 4.79 Å². The van der Waals surface area contributed by atoms with Crippen LogP contribution in [-0.4, -0.2) is 63.7 Å². The molecule has 7 heteroatoms. The number of piperazine rings is 1. The quantitative estimate of drug-likeness (QED) is 0.645. The van der Waals surface area contributed by atoms with E-state index in [1.165, 1.54) is 6.08 Å². The predicted molar refractivity (Wildman–Crippen MR) is 104 cm³/mol. The summed E-state index contributed by atoms with van der Waals surface area (Å²) in [7, 11) is 1.89. The van der Waals surface area contributed by atoms with Crippen molar-refractivity contribution in [1.82, 2.24) is 24.9 Å². The number of rotatable bonds is 2. The molecule has 27 heavy (non-hydrogen) atoms. The van der Waals surface area contributed by atoms with Gasteiger partial charge in [-0.2, -0.15) is 5.10 Å². The number of nitrogens with zero attached hydrogens (tertiary/aromatic N) is 4. The van der Waals surface area contributed by atoms with Crippen molar-refractivity contribution in [2.75, 3.05) is 26.2 Å². The highest BCUT2D eigenvalue weighted by atomic mass is 16.2. The number of hydrogen-bond donors (Lipinski definition) is 1. The predicted octanol–water partition coefficient (Wildman–Crippen LogP) is 1.35. The minimum Gasteiger partial charge on any atom is -0.336 e. The van der Waals surface area contributed by atoms with E-state index in [2.05, 4.69) is 28.8 Å². The fraction of sp³-hybridized carbons (Fsp3) is 0.350. The SMILES string of the molecule is C=CC(=O)N1CCN(C(=O)NC(C)C#Cc2cccc3c2cnn3C)CC1. The molecular formula is C20H23N5O2. The number of aryl methyl sites for hydroxylation is 1. The van der Waals surface area contributed by atoms with Crippen LogP contribution in [0.25, 0.3) is 10.9 Å². The fourth-order valence-electron chi connectivity index (χ4n) is 3.04. The standard InChI is InChI=1S/C20H23N5O2/c1-4-19(26)24-10-12-25(13-11-24)20(27)22-15(2)8-9-16-6-5-7-18-17(16)14-21-23(18)3/h4-7,14-15H,1,10-13H2,2-3H3,(H,22,27). The highest BCUT2D eigenvalue weighted by Crippen LogP contribution is 2.16.